The number of halogens is 1. The van der Waals surface area contributed by atoms with Gasteiger partial charge in [0.25, 0.3) is 0 Å². The summed E-state index contributed by atoms with van der Waals surface area (Å²) in [6.07, 6.45) is 1.56. The first-order valence-corrected chi connectivity index (χ1v) is 6.90. The highest BCUT2D eigenvalue weighted by Crippen LogP contribution is 2.35. The molecule has 2 aromatic heterocycles. The molecule has 0 spiro atoms. The summed E-state index contributed by atoms with van der Waals surface area (Å²) in [5.74, 6) is 0.981. The molecule has 4 N–H and O–H groups in total. The molecule has 0 fully saturated rings. The second kappa shape index (κ2) is 5.31. The number of anilines is 2. The zero-order valence-corrected chi connectivity index (χ0v) is 12.8. The summed E-state index contributed by atoms with van der Waals surface area (Å²) in [5.41, 5.74) is 14.9. The van der Waals surface area contributed by atoms with Crippen molar-refractivity contribution < 1.29 is 4.74 Å². The number of ether oxygens (including phenoxy) is 1. The van der Waals surface area contributed by atoms with Crippen LogP contribution < -0.4 is 16.2 Å². The smallest absolute Gasteiger partial charge is 0.222 e. The fourth-order valence-corrected chi connectivity index (χ4v) is 2.56. The number of nitrogens with zero attached hydrogens (tertiary/aromatic N) is 3. The van der Waals surface area contributed by atoms with E-state index in [1.807, 2.05) is 19.1 Å². The van der Waals surface area contributed by atoms with E-state index in [4.69, 9.17) is 27.8 Å². The minimum absolute atomic E-state index is 0.137. The minimum atomic E-state index is 0.137. The van der Waals surface area contributed by atoms with Crippen molar-refractivity contribution in [3.8, 4) is 17.0 Å². The molecule has 0 radical (unpaired) electrons. The molecule has 0 saturated heterocycles. The lowest BCUT2D eigenvalue weighted by molar-refractivity contribution is 0.398. The monoisotopic (exact) mass is 315 g/mol. The van der Waals surface area contributed by atoms with Crippen LogP contribution in [0.3, 0.4) is 0 Å². The molecule has 0 unspecified atom stereocenters. The number of nitrogen functional groups attached to an aromatic ring is 2. The van der Waals surface area contributed by atoms with E-state index >= 15 is 0 Å². The molecule has 112 valence electrons. The van der Waals surface area contributed by atoms with Gasteiger partial charge in [0.2, 0.25) is 11.8 Å². The highest BCUT2D eigenvalue weighted by Gasteiger charge is 2.13. The molecule has 0 aliphatic heterocycles. The highest BCUT2D eigenvalue weighted by atomic mass is 35.5. The van der Waals surface area contributed by atoms with Crippen LogP contribution in [0.5, 0.6) is 5.88 Å². The van der Waals surface area contributed by atoms with Gasteiger partial charge in [-0.2, -0.15) is 4.98 Å². The van der Waals surface area contributed by atoms with Crippen molar-refractivity contribution in [3.63, 3.8) is 0 Å². The summed E-state index contributed by atoms with van der Waals surface area (Å²) in [6.45, 7) is 1.97. The molecule has 6 nitrogen and oxygen atoms in total. The third-order valence-corrected chi connectivity index (χ3v) is 3.72. The van der Waals surface area contributed by atoms with E-state index in [9.17, 15) is 0 Å². The standard InChI is InChI=1S/C15H14ClN5O/c1-7-3-10-12(20-15(18)21-14(10)17)4-8(7)9-5-13(22-2)19-6-11(9)16/h3-6H,1-2H3,(H4,17,18,20,21). The normalized spacial score (nSPS) is 10.9. The van der Waals surface area contributed by atoms with Gasteiger partial charge in [0.15, 0.2) is 0 Å². The molecule has 0 bridgehead atoms. The van der Waals surface area contributed by atoms with Crippen molar-refractivity contribution in [2.24, 2.45) is 0 Å². The fourth-order valence-electron chi connectivity index (χ4n) is 2.35. The average Bonchev–Trinajstić information content (AvgIpc) is 2.48. The van der Waals surface area contributed by atoms with E-state index in [1.165, 1.54) is 0 Å². The van der Waals surface area contributed by atoms with Crippen molar-refractivity contribution in [1.82, 2.24) is 15.0 Å². The Morgan fingerprint density at radius 3 is 2.59 bits per heavy atom. The number of hydrogen-bond acceptors (Lipinski definition) is 6. The topological polar surface area (TPSA) is 99.9 Å². The van der Waals surface area contributed by atoms with E-state index < -0.39 is 0 Å². The summed E-state index contributed by atoms with van der Waals surface area (Å²) in [7, 11) is 1.56. The summed E-state index contributed by atoms with van der Waals surface area (Å²) in [6, 6.07) is 5.59. The number of pyridine rings is 1. The van der Waals surface area contributed by atoms with E-state index in [2.05, 4.69) is 15.0 Å². The molecule has 22 heavy (non-hydrogen) atoms. The zero-order valence-electron chi connectivity index (χ0n) is 12.1. The number of benzene rings is 1. The van der Waals surface area contributed by atoms with Gasteiger partial charge in [0.1, 0.15) is 5.82 Å². The Balaban J connectivity index is 2.29. The van der Waals surface area contributed by atoms with Gasteiger partial charge in [-0.05, 0) is 30.2 Å². The van der Waals surface area contributed by atoms with Crippen LogP contribution in [0.1, 0.15) is 5.56 Å². The molecule has 0 atom stereocenters. The molecule has 3 rings (SSSR count). The second-order valence-electron chi connectivity index (χ2n) is 4.86. The number of aromatic nitrogens is 3. The Bertz CT molecular complexity index is 881. The number of rotatable bonds is 2. The molecule has 1 aromatic carbocycles. The van der Waals surface area contributed by atoms with Gasteiger partial charge >= 0.3 is 0 Å². The third-order valence-electron chi connectivity index (χ3n) is 3.42. The van der Waals surface area contributed by atoms with Crippen molar-refractivity contribution in [1.29, 1.82) is 0 Å². The number of fused-ring (bicyclic) bond motifs is 1. The molecule has 0 aliphatic rings. The van der Waals surface area contributed by atoms with E-state index in [0.717, 1.165) is 22.1 Å². The van der Waals surface area contributed by atoms with Gasteiger partial charge in [0.05, 0.1) is 23.8 Å². The molecular weight excluding hydrogens is 302 g/mol. The van der Waals surface area contributed by atoms with E-state index in [0.29, 0.717) is 22.2 Å². The molecule has 0 saturated carbocycles. The third kappa shape index (κ3) is 2.37. The zero-order chi connectivity index (χ0) is 15.9. The summed E-state index contributed by atoms with van der Waals surface area (Å²) < 4.78 is 5.16. The van der Waals surface area contributed by atoms with Gasteiger partial charge < -0.3 is 16.2 Å². The van der Waals surface area contributed by atoms with Crippen molar-refractivity contribution in [2.75, 3.05) is 18.6 Å². The lowest BCUT2D eigenvalue weighted by atomic mass is 9.99. The van der Waals surface area contributed by atoms with Crippen LogP contribution in [-0.2, 0) is 0 Å². The first kappa shape index (κ1) is 14.3. The lowest BCUT2D eigenvalue weighted by Crippen LogP contribution is -2.01. The van der Waals surface area contributed by atoms with E-state index in [-0.39, 0.29) is 5.95 Å². The Kier molecular flexibility index (Phi) is 3.46. The van der Waals surface area contributed by atoms with Gasteiger partial charge in [-0.15, -0.1) is 0 Å². The van der Waals surface area contributed by atoms with Crippen LogP contribution in [0.2, 0.25) is 5.02 Å². The van der Waals surface area contributed by atoms with Crippen LogP contribution in [0.15, 0.2) is 24.4 Å². The van der Waals surface area contributed by atoms with Crippen molar-refractivity contribution in [2.45, 2.75) is 6.92 Å². The van der Waals surface area contributed by atoms with Crippen molar-refractivity contribution >= 4 is 34.3 Å². The largest absolute Gasteiger partial charge is 0.481 e. The Labute approximate surface area is 132 Å². The van der Waals surface area contributed by atoms with Crippen LogP contribution in [0.4, 0.5) is 11.8 Å². The summed E-state index contributed by atoms with van der Waals surface area (Å²) >= 11 is 6.27. The van der Waals surface area contributed by atoms with Crippen molar-refractivity contribution in [3.05, 3.63) is 35.0 Å². The molecular formula is C15H14ClN5O. The SMILES string of the molecule is COc1cc(-c2cc3nc(N)nc(N)c3cc2C)c(Cl)cn1. The van der Waals surface area contributed by atoms with Gasteiger partial charge in [-0.1, -0.05) is 11.6 Å². The van der Waals surface area contributed by atoms with Gasteiger partial charge in [-0.25, -0.2) is 9.97 Å². The minimum Gasteiger partial charge on any atom is -0.481 e. The predicted octanol–water partition coefficient (Wildman–Crippen LogP) is 2.83. The number of methoxy groups -OCH3 is 1. The Morgan fingerprint density at radius 1 is 1.09 bits per heavy atom. The fraction of sp³-hybridized carbons (Fsp3) is 0.133. The maximum absolute atomic E-state index is 6.27. The first-order valence-electron chi connectivity index (χ1n) is 6.53. The quantitative estimate of drug-likeness (QED) is 0.754. The Morgan fingerprint density at radius 2 is 1.86 bits per heavy atom. The predicted molar refractivity (Wildman–Crippen MR) is 87.9 cm³/mol. The van der Waals surface area contributed by atoms with Crippen LogP contribution in [-0.4, -0.2) is 22.1 Å². The average molecular weight is 316 g/mol. The first-order chi connectivity index (χ1) is 10.5. The number of aryl methyl sites for hydroxylation is 1. The maximum atomic E-state index is 6.27. The molecule has 0 aliphatic carbocycles. The molecule has 7 heteroatoms. The number of hydrogen-bond donors (Lipinski definition) is 2. The van der Waals surface area contributed by atoms with Crippen LogP contribution in [0.25, 0.3) is 22.0 Å². The Hall–Kier alpha value is -2.60. The number of nitrogens with two attached hydrogens (primary N) is 2. The molecule has 2 heterocycles. The second-order valence-corrected chi connectivity index (χ2v) is 5.27. The molecule has 0 amide bonds. The van der Waals surface area contributed by atoms with Gasteiger partial charge in [0, 0.05) is 17.0 Å². The van der Waals surface area contributed by atoms with Crippen LogP contribution in [0, 0.1) is 6.92 Å². The van der Waals surface area contributed by atoms with Gasteiger partial charge in [-0.3, -0.25) is 0 Å². The van der Waals surface area contributed by atoms with E-state index in [1.54, 1.807) is 19.4 Å². The van der Waals surface area contributed by atoms with Crippen LogP contribution >= 0.6 is 11.6 Å². The lowest BCUT2D eigenvalue weighted by Gasteiger charge is -2.12. The summed E-state index contributed by atoms with van der Waals surface area (Å²) in [4.78, 5) is 12.3. The highest BCUT2D eigenvalue weighted by molar-refractivity contribution is 6.33. The molecule has 3 aromatic rings. The summed E-state index contributed by atoms with van der Waals surface area (Å²) in [5, 5.41) is 1.28. The maximum Gasteiger partial charge on any atom is 0.222 e.